The van der Waals surface area contributed by atoms with Crippen LogP contribution < -0.4 is 0 Å². The monoisotopic (exact) mass is 191 g/mol. The van der Waals surface area contributed by atoms with E-state index in [1.165, 1.54) is 0 Å². The number of hydrogen-bond donors (Lipinski definition) is 2. The highest BCUT2D eigenvalue weighted by molar-refractivity contribution is 6.29. The summed E-state index contributed by atoms with van der Waals surface area (Å²) in [6.07, 6.45) is -0.417. The van der Waals surface area contributed by atoms with Gasteiger partial charge in [-0.1, -0.05) is 18.2 Å². The largest absolute Gasteiger partial charge is 0.392 e. The molecule has 2 atom stereocenters. The third-order valence-corrected chi connectivity index (χ3v) is 2.00. The quantitative estimate of drug-likeness (QED) is 0.654. The minimum absolute atomic E-state index is 0.440. The molecule has 1 aliphatic rings. The Morgan fingerprint density at radius 2 is 1.92 bits per heavy atom. The Bertz CT molecular complexity index is 164. The minimum Gasteiger partial charge on any atom is -0.392 e. The van der Waals surface area contributed by atoms with Gasteiger partial charge in [-0.05, 0) is 0 Å². The molecule has 0 amide bonds. The minimum atomic E-state index is -0.440. The van der Waals surface area contributed by atoms with Gasteiger partial charge in [0.2, 0.25) is 0 Å². The van der Waals surface area contributed by atoms with Crippen molar-refractivity contribution < 1.29 is 10.2 Å². The highest BCUT2D eigenvalue weighted by Gasteiger charge is 2.23. The van der Waals surface area contributed by atoms with Crippen LogP contribution in [0.15, 0.2) is 11.6 Å². The lowest BCUT2D eigenvalue weighted by Crippen LogP contribution is -2.45. The molecule has 0 spiro atoms. The molecular formula is C8H14ClNO2. The molecule has 0 saturated carbocycles. The SMILES string of the molecule is C=C(Cl)CN1C[C@H](O)C[C@H](O)C1. The fourth-order valence-electron chi connectivity index (χ4n) is 1.51. The molecule has 4 heteroatoms. The molecule has 1 fully saturated rings. The molecule has 0 aromatic rings. The number of piperidine rings is 1. The van der Waals surface area contributed by atoms with Gasteiger partial charge in [-0.15, -0.1) is 0 Å². The molecule has 0 aromatic carbocycles. The van der Waals surface area contributed by atoms with Crippen LogP contribution in [0.5, 0.6) is 0 Å². The van der Waals surface area contributed by atoms with Crippen molar-refractivity contribution in [3.63, 3.8) is 0 Å². The summed E-state index contributed by atoms with van der Waals surface area (Å²) in [5.74, 6) is 0. The summed E-state index contributed by atoms with van der Waals surface area (Å²) in [4.78, 5) is 1.90. The molecule has 1 aliphatic heterocycles. The first-order valence-corrected chi connectivity index (χ1v) is 4.37. The van der Waals surface area contributed by atoms with Crippen molar-refractivity contribution in [2.24, 2.45) is 0 Å². The molecule has 70 valence electrons. The third kappa shape index (κ3) is 3.11. The second kappa shape index (κ2) is 4.23. The van der Waals surface area contributed by atoms with Gasteiger partial charge in [-0.2, -0.15) is 0 Å². The Kier molecular flexibility index (Phi) is 3.53. The lowest BCUT2D eigenvalue weighted by atomic mass is 10.1. The molecule has 3 nitrogen and oxygen atoms in total. The van der Waals surface area contributed by atoms with Crippen LogP contribution in [-0.2, 0) is 0 Å². The lowest BCUT2D eigenvalue weighted by molar-refractivity contribution is -0.00383. The van der Waals surface area contributed by atoms with Crippen LogP contribution in [-0.4, -0.2) is 47.0 Å². The summed E-state index contributed by atoms with van der Waals surface area (Å²) in [6, 6.07) is 0. The zero-order chi connectivity index (χ0) is 9.14. The fourth-order valence-corrected chi connectivity index (χ4v) is 1.67. The molecule has 0 aromatic heterocycles. The number of β-amino-alcohol motifs (C(OH)–C–C–N with tert-alkyl or cyclic N) is 2. The van der Waals surface area contributed by atoms with Crippen LogP contribution >= 0.6 is 11.6 Å². The van der Waals surface area contributed by atoms with Gasteiger partial charge in [-0.25, -0.2) is 0 Å². The van der Waals surface area contributed by atoms with E-state index in [4.69, 9.17) is 11.6 Å². The smallest absolute Gasteiger partial charge is 0.0692 e. The Labute approximate surface area is 77.2 Å². The summed E-state index contributed by atoms with van der Waals surface area (Å²) in [5.41, 5.74) is 0. The first-order chi connectivity index (χ1) is 5.58. The number of aliphatic hydroxyl groups excluding tert-OH is 2. The molecule has 0 aliphatic carbocycles. The molecule has 1 saturated heterocycles. The van der Waals surface area contributed by atoms with Gasteiger partial charge < -0.3 is 10.2 Å². The van der Waals surface area contributed by atoms with E-state index < -0.39 is 12.2 Å². The van der Waals surface area contributed by atoms with Gasteiger partial charge in [-0.3, -0.25) is 4.90 Å². The van der Waals surface area contributed by atoms with Crippen LogP contribution in [0, 0.1) is 0 Å². The Morgan fingerprint density at radius 1 is 1.42 bits per heavy atom. The summed E-state index contributed by atoms with van der Waals surface area (Å²) >= 11 is 5.61. The summed E-state index contributed by atoms with van der Waals surface area (Å²) in [6.45, 7) is 5.24. The van der Waals surface area contributed by atoms with E-state index in [9.17, 15) is 10.2 Å². The van der Waals surface area contributed by atoms with Crippen molar-refractivity contribution in [2.45, 2.75) is 18.6 Å². The Hall–Kier alpha value is -0.0900. The zero-order valence-electron chi connectivity index (χ0n) is 6.91. The van der Waals surface area contributed by atoms with Crippen LogP contribution in [0.3, 0.4) is 0 Å². The second-order valence-corrected chi connectivity index (χ2v) is 3.79. The van der Waals surface area contributed by atoms with E-state index in [0.29, 0.717) is 31.1 Å². The van der Waals surface area contributed by atoms with Crippen molar-refractivity contribution in [2.75, 3.05) is 19.6 Å². The van der Waals surface area contributed by atoms with E-state index in [1.807, 2.05) is 4.90 Å². The highest BCUT2D eigenvalue weighted by atomic mass is 35.5. The van der Waals surface area contributed by atoms with Crippen LogP contribution in [0.25, 0.3) is 0 Å². The number of likely N-dealkylation sites (tertiary alicyclic amines) is 1. The predicted octanol–water partition coefficient (Wildman–Crippen LogP) is 0.166. The average Bonchev–Trinajstić information content (AvgIpc) is 1.81. The number of aliphatic hydroxyl groups is 2. The number of hydrogen-bond acceptors (Lipinski definition) is 3. The van der Waals surface area contributed by atoms with Crippen molar-refractivity contribution in [3.05, 3.63) is 11.6 Å². The summed E-state index contributed by atoms with van der Waals surface area (Å²) in [7, 11) is 0. The average molecular weight is 192 g/mol. The first-order valence-electron chi connectivity index (χ1n) is 3.99. The molecule has 1 heterocycles. The van der Waals surface area contributed by atoms with E-state index in [1.54, 1.807) is 0 Å². The molecule has 0 radical (unpaired) electrons. The van der Waals surface area contributed by atoms with Gasteiger partial charge in [0.05, 0.1) is 12.2 Å². The van der Waals surface area contributed by atoms with Gasteiger partial charge in [0.25, 0.3) is 0 Å². The van der Waals surface area contributed by atoms with Gasteiger partial charge in [0.1, 0.15) is 0 Å². The van der Waals surface area contributed by atoms with Crippen molar-refractivity contribution in [3.8, 4) is 0 Å². The van der Waals surface area contributed by atoms with Gasteiger partial charge in [0.15, 0.2) is 0 Å². The maximum atomic E-state index is 9.29. The van der Waals surface area contributed by atoms with E-state index in [0.717, 1.165) is 0 Å². The fraction of sp³-hybridized carbons (Fsp3) is 0.750. The van der Waals surface area contributed by atoms with E-state index in [2.05, 4.69) is 6.58 Å². The van der Waals surface area contributed by atoms with Crippen molar-refractivity contribution >= 4 is 11.6 Å². The van der Waals surface area contributed by atoms with Crippen LogP contribution in [0.1, 0.15) is 6.42 Å². The molecule has 0 bridgehead atoms. The number of halogens is 1. The van der Waals surface area contributed by atoms with Crippen LogP contribution in [0.2, 0.25) is 0 Å². The number of nitrogens with zero attached hydrogens (tertiary/aromatic N) is 1. The molecule has 0 unspecified atom stereocenters. The van der Waals surface area contributed by atoms with Crippen LogP contribution in [0.4, 0.5) is 0 Å². The molecular weight excluding hydrogens is 178 g/mol. The molecule has 12 heavy (non-hydrogen) atoms. The first kappa shape index (κ1) is 9.99. The zero-order valence-corrected chi connectivity index (χ0v) is 7.67. The maximum absolute atomic E-state index is 9.29. The predicted molar refractivity (Wildman–Crippen MR) is 48.1 cm³/mol. The van der Waals surface area contributed by atoms with E-state index >= 15 is 0 Å². The van der Waals surface area contributed by atoms with E-state index in [-0.39, 0.29) is 0 Å². The topological polar surface area (TPSA) is 43.7 Å². The van der Waals surface area contributed by atoms with Crippen molar-refractivity contribution in [1.82, 2.24) is 4.90 Å². The Morgan fingerprint density at radius 3 is 2.33 bits per heavy atom. The lowest BCUT2D eigenvalue weighted by Gasteiger charge is -2.32. The Balaban J connectivity index is 2.38. The summed E-state index contributed by atoms with van der Waals surface area (Å²) < 4.78 is 0. The molecule has 1 rings (SSSR count). The standard InChI is InChI=1S/C8H14ClNO2/c1-6(9)3-10-4-7(11)2-8(12)5-10/h7-8,11-12H,1-5H2/t7-,8+. The number of rotatable bonds is 2. The van der Waals surface area contributed by atoms with Crippen molar-refractivity contribution in [1.29, 1.82) is 0 Å². The summed E-state index contributed by atoms with van der Waals surface area (Å²) in [5, 5.41) is 19.1. The highest BCUT2D eigenvalue weighted by Crippen LogP contribution is 2.12. The van der Waals surface area contributed by atoms with Gasteiger partial charge >= 0.3 is 0 Å². The normalized spacial score (nSPS) is 31.9. The van der Waals surface area contributed by atoms with Gasteiger partial charge in [0, 0.05) is 31.1 Å². The maximum Gasteiger partial charge on any atom is 0.0692 e. The molecule has 2 N–H and O–H groups in total. The third-order valence-electron chi connectivity index (χ3n) is 1.88. The second-order valence-electron chi connectivity index (χ2n) is 3.25.